The third-order valence-corrected chi connectivity index (χ3v) is 5.16. The Morgan fingerprint density at radius 1 is 1.00 bits per heavy atom. The molecule has 2 aliphatic heterocycles. The van der Waals surface area contributed by atoms with Crippen LogP contribution in [0.1, 0.15) is 13.3 Å². The summed E-state index contributed by atoms with van der Waals surface area (Å²) in [5.74, 6) is 1.31. The number of carbonyl (C=O) groups is 1. The van der Waals surface area contributed by atoms with E-state index in [1.807, 2.05) is 29.3 Å². The fourth-order valence-electron chi connectivity index (χ4n) is 3.47. The fraction of sp³-hybridized carbons (Fsp3) is 0.667. The molecule has 1 amide bonds. The Balaban J connectivity index is 1.38. The van der Waals surface area contributed by atoms with Crippen LogP contribution in [0, 0.1) is 0 Å². The Labute approximate surface area is 145 Å². The third-order valence-electron chi connectivity index (χ3n) is 5.16. The van der Waals surface area contributed by atoms with E-state index in [1.54, 1.807) is 0 Å². The minimum absolute atomic E-state index is 0.300. The van der Waals surface area contributed by atoms with Gasteiger partial charge in [0.15, 0.2) is 0 Å². The van der Waals surface area contributed by atoms with Gasteiger partial charge in [0.1, 0.15) is 5.82 Å². The van der Waals surface area contributed by atoms with Crippen LogP contribution in [0.3, 0.4) is 0 Å². The summed E-state index contributed by atoms with van der Waals surface area (Å²) in [7, 11) is 0. The maximum atomic E-state index is 12.5. The van der Waals surface area contributed by atoms with Crippen molar-refractivity contribution >= 4 is 11.7 Å². The molecule has 0 bridgehead atoms. The van der Waals surface area contributed by atoms with Gasteiger partial charge in [0, 0.05) is 71.5 Å². The third kappa shape index (κ3) is 4.45. The second-order valence-electron chi connectivity index (χ2n) is 6.58. The number of amides is 1. The standard InChI is InChI=1S/C18H29N5O/c1-2-20-9-11-21(12-10-20)8-6-18(24)23-15-13-22(14-16-23)17-5-3-4-7-19-17/h3-5,7H,2,6,8-16H2,1H3. The predicted molar refractivity (Wildman–Crippen MR) is 96.2 cm³/mol. The van der Waals surface area contributed by atoms with Crippen LogP contribution in [-0.4, -0.2) is 91.0 Å². The summed E-state index contributed by atoms with van der Waals surface area (Å²) in [6.45, 7) is 12.0. The van der Waals surface area contributed by atoms with E-state index in [0.717, 1.165) is 71.3 Å². The fourth-order valence-corrected chi connectivity index (χ4v) is 3.47. The summed E-state index contributed by atoms with van der Waals surface area (Å²) in [4.78, 5) is 26.0. The Morgan fingerprint density at radius 3 is 2.33 bits per heavy atom. The van der Waals surface area contributed by atoms with Crippen LogP contribution in [-0.2, 0) is 4.79 Å². The molecule has 1 aromatic rings. The van der Waals surface area contributed by atoms with Crippen molar-refractivity contribution in [1.82, 2.24) is 19.7 Å². The zero-order valence-electron chi connectivity index (χ0n) is 14.7. The second kappa shape index (κ2) is 8.44. The van der Waals surface area contributed by atoms with Crippen LogP contribution in [0.5, 0.6) is 0 Å². The molecule has 2 fully saturated rings. The highest BCUT2D eigenvalue weighted by Crippen LogP contribution is 2.13. The highest BCUT2D eigenvalue weighted by atomic mass is 16.2. The van der Waals surface area contributed by atoms with Gasteiger partial charge in [-0.1, -0.05) is 13.0 Å². The zero-order chi connectivity index (χ0) is 16.8. The number of rotatable bonds is 5. The first-order valence-corrected chi connectivity index (χ1v) is 9.14. The molecule has 0 aliphatic carbocycles. The zero-order valence-corrected chi connectivity index (χ0v) is 14.7. The lowest BCUT2D eigenvalue weighted by Crippen LogP contribution is -2.50. The highest BCUT2D eigenvalue weighted by molar-refractivity contribution is 5.76. The number of anilines is 1. The van der Waals surface area contributed by atoms with Crippen molar-refractivity contribution in [2.75, 3.05) is 70.3 Å². The lowest BCUT2D eigenvalue weighted by atomic mass is 10.2. The number of pyridine rings is 1. The lowest BCUT2D eigenvalue weighted by Gasteiger charge is -2.36. The quantitative estimate of drug-likeness (QED) is 0.797. The van der Waals surface area contributed by atoms with E-state index in [4.69, 9.17) is 0 Å². The van der Waals surface area contributed by atoms with Crippen LogP contribution in [0.2, 0.25) is 0 Å². The van der Waals surface area contributed by atoms with Gasteiger partial charge in [0.25, 0.3) is 0 Å². The number of aromatic nitrogens is 1. The molecule has 0 N–H and O–H groups in total. The molecule has 0 aromatic carbocycles. The van der Waals surface area contributed by atoms with Crippen molar-refractivity contribution in [3.8, 4) is 0 Å². The van der Waals surface area contributed by atoms with Crippen LogP contribution in [0.25, 0.3) is 0 Å². The van der Waals surface area contributed by atoms with Crippen LogP contribution in [0.4, 0.5) is 5.82 Å². The van der Waals surface area contributed by atoms with Gasteiger partial charge in [-0.15, -0.1) is 0 Å². The highest BCUT2D eigenvalue weighted by Gasteiger charge is 2.23. The summed E-state index contributed by atoms with van der Waals surface area (Å²) in [5.41, 5.74) is 0. The number of piperazine rings is 2. The van der Waals surface area contributed by atoms with Crippen molar-refractivity contribution in [3.63, 3.8) is 0 Å². The number of carbonyl (C=O) groups excluding carboxylic acids is 1. The SMILES string of the molecule is CCN1CCN(CCC(=O)N2CCN(c3ccccn3)CC2)CC1. The van der Waals surface area contributed by atoms with E-state index in [1.165, 1.54) is 0 Å². The van der Waals surface area contributed by atoms with Crippen LogP contribution >= 0.6 is 0 Å². The van der Waals surface area contributed by atoms with Crippen LogP contribution in [0.15, 0.2) is 24.4 Å². The summed E-state index contributed by atoms with van der Waals surface area (Å²) in [5, 5.41) is 0. The van der Waals surface area contributed by atoms with E-state index in [0.29, 0.717) is 12.3 Å². The van der Waals surface area contributed by atoms with E-state index >= 15 is 0 Å². The Hall–Kier alpha value is -1.66. The smallest absolute Gasteiger partial charge is 0.223 e. The predicted octanol–water partition coefficient (Wildman–Crippen LogP) is 0.758. The molecule has 0 atom stereocenters. The van der Waals surface area contributed by atoms with E-state index < -0.39 is 0 Å². The average Bonchev–Trinajstić information content (AvgIpc) is 2.67. The molecule has 132 valence electrons. The van der Waals surface area contributed by atoms with Gasteiger partial charge in [-0.2, -0.15) is 0 Å². The monoisotopic (exact) mass is 331 g/mol. The summed E-state index contributed by atoms with van der Waals surface area (Å²) >= 11 is 0. The molecule has 6 heteroatoms. The molecule has 3 heterocycles. The Bertz CT molecular complexity index is 507. The van der Waals surface area contributed by atoms with Crippen molar-refractivity contribution in [2.45, 2.75) is 13.3 Å². The molecule has 2 saturated heterocycles. The number of nitrogens with zero attached hydrogens (tertiary/aromatic N) is 5. The largest absolute Gasteiger partial charge is 0.353 e. The lowest BCUT2D eigenvalue weighted by molar-refractivity contribution is -0.131. The first-order chi connectivity index (χ1) is 11.8. The molecule has 3 rings (SSSR count). The number of likely N-dealkylation sites (N-methyl/N-ethyl adjacent to an activating group) is 1. The minimum atomic E-state index is 0.300. The van der Waals surface area contributed by atoms with Gasteiger partial charge >= 0.3 is 0 Å². The molecular weight excluding hydrogens is 302 g/mol. The molecule has 6 nitrogen and oxygen atoms in total. The van der Waals surface area contributed by atoms with Crippen molar-refractivity contribution < 1.29 is 4.79 Å². The molecule has 0 radical (unpaired) electrons. The molecule has 0 spiro atoms. The molecule has 0 unspecified atom stereocenters. The van der Waals surface area contributed by atoms with Crippen LogP contribution < -0.4 is 4.90 Å². The second-order valence-corrected chi connectivity index (χ2v) is 6.58. The summed E-state index contributed by atoms with van der Waals surface area (Å²) in [6.07, 6.45) is 2.47. The van der Waals surface area contributed by atoms with Gasteiger partial charge < -0.3 is 19.6 Å². The normalized spacial score (nSPS) is 20.4. The van der Waals surface area contributed by atoms with E-state index in [-0.39, 0.29) is 0 Å². The molecule has 1 aromatic heterocycles. The topological polar surface area (TPSA) is 42.9 Å². The maximum Gasteiger partial charge on any atom is 0.223 e. The van der Waals surface area contributed by atoms with E-state index in [9.17, 15) is 4.79 Å². The van der Waals surface area contributed by atoms with Crippen molar-refractivity contribution in [1.29, 1.82) is 0 Å². The Morgan fingerprint density at radius 2 is 1.71 bits per heavy atom. The average molecular weight is 331 g/mol. The van der Waals surface area contributed by atoms with Gasteiger partial charge in [-0.05, 0) is 18.7 Å². The molecule has 24 heavy (non-hydrogen) atoms. The van der Waals surface area contributed by atoms with Gasteiger partial charge in [-0.3, -0.25) is 4.79 Å². The maximum absolute atomic E-state index is 12.5. The van der Waals surface area contributed by atoms with Crippen molar-refractivity contribution in [2.24, 2.45) is 0 Å². The van der Waals surface area contributed by atoms with Gasteiger partial charge in [0.2, 0.25) is 5.91 Å². The first-order valence-electron chi connectivity index (χ1n) is 9.14. The molecule has 0 saturated carbocycles. The van der Waals surface area contributed by atoms with Gasteiger partial charge in [-0.25, -0.2) is 4.98 Å². The van der Waals surface area contributed by atoms with E-state index in [2.05, 4.69) is 26.6 Å². The molecule has 2 aliphatic rings. The van der Waals surface area contributed by atoms with Crippen molar-refractivity contribution in [3.05, 3.63) is 24.4 Å². The minimum Gasteiger partial charge on any atom is -0.353 e. The number of hydrogen-bond donors (Lipinski definition) is 0. The summed E-state index contributed by atoms with van der Waals surface area (Å²) < 4.78 is 0. The van der Waals surface area contributed by atoms with Gasteiger partial charge in [0.05, 0.1) is 0 Å². The first kappa shape index (κ1) is 17.2. The molecular formula is C18H29N5O. The summed E-state index contributed by atoms with van der Waals surface area (Å²) in [6, 6.07) is 5.98. The number of hydrogen-bond acceptors (Lipinski definition) is 5. The Kier molecular flexibility index (Phi) is 6.04.